The fourth-order valence-corrected chi connectivity index (χ4v) is 12.0. The van der Waals surface area contributed by atoms with Crippen LogP contribution in [0.25, 0.3) is 0 Å². The van der Waals surface area contributed by atoms with Crippen LogP contribution in [0.3, 0.4) is 0 Å². The van der Waals surface area contributed by atoms with Gasteiger partial charge in [-0.1, -0.05) is 54.4 Å². The van der Waals surface area contributed by atoms with Gasteiger partial charge in [0, 0.05) is 23.2 Å². The zero-order valence-corrected chi connectivity index (χ0v) is 20.3. The molecule has 0 N–H and O–H groups in total. The fraction of sp³-hybridized carbons (Fsp3) is 0.682. The summed E-state index contributed by atoms with van der Waals surface area (Å²) < 4.78 is 53.9. The van der Waals surface area contributed by atoms with Gasteiger partial charge >= 0.3 is 0 Å². The molecule has 0 bridgehead atoms. The van der Waals surface area contributed by atoms with Crippen molar-refractivity contribution in [2.75, 3.05) is 11.5 Å². The van der Waals surface area contributed by atoms with Crippen LogP contribution < -0.4 is 0 Å². The number of sulfone groups is 1. The van der Waals surface area contributed by atoms with E-state index in [-0.39, 0.29) is 23.5 Å². The monoisotopic (exact) mass is 441 g/mol. The van der Waals surface area contributed by atoms with Crippen molar-refractivity contribution in [2.45, 2.75) is 77.2 Å². The van der Waals surface area contributed by atoms with Gasteiger partial charge in [0.15, 0.2) is 9.84 Å². The second-order valence-corrected chi connectivity index (χ2v) is 17.1. The molecule has 0 unspecified atom stereocenters. The minimum absolute atomic E-state index is 0.169. The molecule has 0 aliphatic carbocycles. The minimum Gasteiger partial charge on any atom is -0.238 e. The Morgan fingerprint density at radius 2 is 1.72 bits per heavy atom. The number of pyridine rings is 1. The first-order valence-corrected chi connectivity index (χ1v) is 14.4. The Hall–Kier alpha value is -1.26. The summed E-state index contributed by atoms with van der Waals surface area (Å²) in [5.41, 5.74) is 3.14. The molecular weight excluding hydrogens is 408 g/mol. The maximum absolute atomic E-state index is 15.8. The summed E-state index contributed by atoms with van der Waals surface area (Å²) in [6.45, 7) is 14.7. The second kappa shape index (κ2) is 8.47. The van der Waals surface area contributed by atoms with E-state index >= 15 is 4.39 Å². The van der Waals surface area contributed by atoms with Crippen molar-refractivity contribution in [3.63, 3.8) is 0 Å². The molecule has 0 saturated carbocycles. The molecule has 1 fully saturated rings. The fourth-order valence-electron chi connectivity index (χ4n) is 4.97. The number of alkyl halides is 1. The van der Waals surface area contributed by atoms with Gasteiger partial charge in [0.05, 0.1) is 11.5 Å². The van der Waals surface area contributed by atoms with E-state index in [1.165, 1.54) is 19.2 Å². The largest absolute Gasteiger partial charge is 0.238 e. The van der Waals surface area contributed by atoms with Crippen LogP contribution in [-0.4, -0.2) is 33.0 Å². The Morgan fingerprint density at radius 1 is 1.17 bits per heavy atom. The standard InChI is InChI=1S/C22H33F2NO2SSi/c1-15(2)29(16(3)4,17(5)6)11-8-19-12-20(21(23)25-13-19)22(24)9-10-28(26,27)14-18(22)7/h12-13,15-18H,9-10,14H2,1-7H3/t18-,22+/m0/s1. The lowest BCUT2D eigenvalue weighted by Gasteiger charge is -2.38. The Balaban J connectivity index is 2.52. The third-order valence-corrected chi connectivity index (χ3v) is 14.8. The third kappa shape index (κ3) is 4.58. The Bertz CT molecular complexity index is 897. The average Bonchev–Trinajstić information content (AvgIpc) is 2.59. The summed E-state index contributed by atoms with van der Waals surface area (Å²) >= 11 is 0. The van der Waals surface area contributed by atoms with E-state index in [4.69, 9.17) is 0 Å². The van der Waals surface area contributed by atoms with Gasteiger partial charge in [-0.05, 0) is 29.1 Å². The maximum Gasteiger partial charge on any atom is 0.219 e. The van der Waals surface area contributed by atoms with Crippen molar-refractivity contribution in [3.8, 4) is 11.5 Å². The highest BCUT2D eigenvalue weighted by molar-refractivity contribution is 7.91. The van der Waals surface area contributed by atoms with Crippen LogP contribution in [0.5, 0.6) is 0 Å². The van der Waals surface area contributed by atoms with Crippen LogP contribution in [0.4, 0.5) is 8.78 Å². The number of halogens is 2. The molecule has 0 spiro atoms. The van der Waals surface area contributed by atoms with E-state index in [1.54, 1.807) is 0 Å². The molecule has 2 atom stereocenters. The highest BCUT2D eigenvalue weighted by Crippen LogP contribution is 2.43. The Morgan fingerprint density at radius 3 is 2.21 bits per heavy atom. The maximum atomic E-state index is 15.8. The van der Waals surface area contributed by atoms with Crippen molar-refractivity contribution in [1.29, 1.82) is 0 Å². The van der Waals surface area contributed by atoms with Crippen molar-refractivity contribution in [3.05, 3.63) is 29.3 Å². The molecule has 3 nitrogen and oxygen atoms in total. The average molecular weight is 442 g/mol. The molecule has 162 valence electrons. The third-order valence-electron chi connectivity index (χ3n) is 6.64. The second-order valence-electron chi connectivity index (χ2n) is 9.34. The van der Waals surface area contributed by atoms with E-state index in [9.17, 15) is 12.8 Å². The zero-order valence-electron chi connectivity index (χ0n) is 18.5. The topological polar surface area (TPSA) is 47.0 Å². The number of aromatic nitrogens is 1. The quantitative estimate of drug-likeness (QED) is 0.357. The van der Waals surface area contributed by atoms with Crippen molar-refractivity contribution >= 4 is 17.9 Å². The van der Waals surface area contributed by atoms with Crippen molar-refractivity contribution in [2.24, 2.45) is 5.92 Å². The van der Waals surface area contributed by atoms with Gasteiger partial charge in [0.2, 0.25) is 5.95 Å². The highest BCUT2D eigenvalue weighted by atomic mass is 32.2. The smallest absolute Gasteiger partial charge is 0.219 e. The Kier molecular flexibility index (Phi) is 7.01. The van der Waals surface area contributed by atoms with Crippen molar-refractivity contribution < 1.29 is 17.2 Å². The van der Waals surface area contributed by atoms with E-state index in [0.29, 0.717) is 22.2 Å². The predicted molar refractivity (Wildman–Crippen MR) is 117 cm³/mol. The first-order valence-electron chi connectivity index (χ1n) is 10.3. The molecular formula is C22H33F2NO2SSi. The molecule has 7 heteroatoms. The van der Waals surface area contributed by atoms with Gasteiger partial charge in [-0.3, -0.25) is 0 Å². The number of hydrogen-bond acceptors (Lipinski definition) is 3. The number of rotatable bonds is 4. The summed E-state index contributed by atoms with van der Waals surface area (Å²) in [6, 6.07) is 1.43. The lowest BCUT2D eigenvalue weighted by molar-refractivity contribution is 0.0842. The first-order chi connectivity index (χ1) is 13.3. The molecule has 1 aromatic rings. The molecule has 0 radical (unpaired) electrons. The van der Waals surface area contributed by atoms with E-state index in [2.05, 4.69) is 58.0 Å². The van der Waals surface area contributed by atoms with Crippen LogP contribution in [0, 0.1) is 23.3 Å². The Labute approximate surface area is 175 Å². The van der Waals surface area contributed by atoms with Crippen LogP contribution >= 0.6 is 0 Å². The van der Waals surface area contributed by atoms with Crippen LogP contribution in [0.2, 0.25) is 16.6 Å². The normalized spacial score (nSPS) is 24.6. The zero-order chi connectivity index (χ0) is 22.2. The summed E-state index contributed by atoms with van der Waals surface area (Å²) in [5, 5.41) is 0. The van der Waals surface area contributed by atoms with Gasteiger partial charge in [0.1, 0.15) is 13.7 Å². The van der Waals surface area contributed by atoms with E-state index in [0.717, 1.165) is 0 Å². The molecule has 1 aliphatic rings. The predicted octanol–water partition coefficient (Wildman–Crippen LogP) is 5.41. The molecule has 1 aromatic heterocycles. The molecule has 0 aromatic carbocycles. The summed E-state index contributed by atoms with van der Waals surface area (Å²) in [4.78, 5) is 3.76. The SMILES string of the molecule is CC(C)[Si](C#Cc1cnc(F)c([C@@]2(F)CCS(=O)(=O)C[C@@H]2C)c1)(C(C)C)C(C)C. The van der Waals surface area contributed by atoms with Crippen LogP contribution in [-0.2, 0) is 15.5 Å². The summed E-state index contributed by atoms with van der Waals surface area (Å²) in [5.74, 6) is 0.887. The first kappa shape index (κ1) is 24.0. The van der Waals surface area contributed by atoms with Crippen LogP contribution in [0.1, 0.15) is 66.0 Å². The summed E-state index contributed by atoms with van der Waals surface area (Å²) in [7, 11) is -5.29. The van der Waals surface area contributed by atoms with Crippen molar-refractivity contribution in [1.82, 2.24) is 4.98 Å². The van der Waals surface area contributed by atoms with E-state index in [1.807, 2.05) is 0 Å². The lowest BCUT2D eigenvalue weighted by atomic mass is 9.82. The number of nitrogens with zero attached hydrogens (tertiary/aromatic N) is 1. The van der Waals surface area contributed by atoms with Crippen LogP contribution in [0.15, 0.2) is 12.3 Å². The molecule has 2 rings (SSSR count). The summed E-state index contributed by atoms with van der Waals surface area (Å²) in [6.07, 6.45) is 1.09. The van der Waals surface area contributed by atoms with Gasteiger partial charge in [-0.2, -0.15) is 4.39 Å². The molecule has 2 heterocycles. The van der Waals surface area contributed by atoms with Gasteiger partial charge in [-0.25, -0.2) is 17.8 Å². The molecule has 1 saturated heterocycles. The highest BCUT2D eigenvalue weighted by Gasteiger charge is 2.47. The van der Waals surface area contributed by atoms with Gasteiger partial charge in [0.25, 0.3) is 0 Å². The molecule has 29 heavy (non-hydrogen) atoms. The number of hydrogen-bond donors (Lipinski definition) is 0. The lowest BCUT2D eigenvalue weighted by Crippen LogP contribution is -2.43. The molecule has 0 amide bonds. The minimum atomic E-state index is -3.30. The van der Waals surface area contributed by atoms with Gasteiger partial charge < -0.3 is 0 Å². The van der Waals surface area contributed by atoms with Gasteiger partial charge in [-0.15, -0.1) is 5.54 Å². The molecule has 1 aliphatic heterocycles. The van der Waals surface area contributed by atoms with E-state index < -0.39 is 35.4 Å².